The number of ether oxygens (including phenoxy) is 1. The van der Waals surface area contributed by atoms with Crippen LogP contribution in [-0.2, 0) is 0 Å². The van der Waals surface area contributed by atoms with Gasteiger partial charge in [-0.15, -0.1) is 5.53 Å². The van der Waals surface area contributed by atoms with E-state index < -0.39 is 0 Å². The van der Waals surface area contributed by atoms with Crippen molar-refractivity contribution in [2.45, 2.75) is 32.4 Å². The quantitative estimate of drug-likeness (QED) is 0.223. The lowest BCUT2D eigenvalue weighted by atomic mass is 10.0. The Hall–Kier alpha value is -4.52. The summed E-state index contributed by atoms with van der Waals surface area (Å²) in [5.41, 5.74) is 11.5. The van der Waals surface area contributed by atoms with E-state index in [1.807, 2.05) is 41.4 Å². The van der Waals surface area contributed by atoms with Crippen molar-refractivity contribution in [1.29, 1.82) is 5.26 Å². The van der Waals surface area contributed by atoms with E-state index in [4.69, 9.17) is 16.3 Å². The van der Waals surface area contributed by atoms with Crippen molar-refractivity contribution in [3.63, 3.8) is 0 Å². The van der Waals surface area contributed by atoms with Crippen LogP contribution in [0.1, 0.15) is 37.9 Å². The molecule has 2 aromatic heterocycles. The predicted octanol–water partition coefficient (Wildman–Crippen LogP) is 6.02. The summed E-state index contributed by atoms with van der Waals surface area (Å²) in [7, 11) is 1.56. The zero-order valence-electron chi connectivity index (χ0n) is 22.1. The number of methoxy groups -OCH3 is 1. The SMILES string of the molecule is COc1ccc(Nc2c(C#N)cnc3c(Cl)cc(N[C@H](C4=CN(C(C)(C)C)NN4)c4ccccc4)cc23)cn1. The molecule has 0 amide bonds. The lowest BCUT2D eigenvalue weighted by Gasteiger charge is -2.30. The Morgan fingerprint density at radius 1 is 1.05 bits per heavy atom. The van der Waals surface area contributed by atoms with Crippen LogP contribution in [0, 0.1) is 11.3 Å². The molecule has 0 unspecified atom stereocenters. The van der Waals surface area contributed by atoms with Crippen molar-refractivity contribution in [3.05, 3.63) is 95.0 Å². The van der Waals surface area contributed by atoms with Gasteiger partial charge in [-0.1, -0.05) is 41.9 Å². The first-order valence-electron chi connectivity index (χ1n) is 12.4. The second-order valence-electron chi connectivity index (χ2n) is 10.1. The standard InChI is InChI=1S/C29H29ClN8O/c1-29(2,3)38-17-24(36-37-38)27(18-8-6-5-7-9-18)35-21-12-22-26(34-20-10-11-25(39-4)32-16-20)19(14-31)15-33-28(22)23(30)13-21/h5-13,15-17,27,35-37H,1-4H3,(H,33,34)/t27-/m0/s1. The molecule has 1 aliphatic rings. The monoisotopic (exact) mass is 540 g/mol. The second-order valence-corrected chi connectivity index (χ2v) is 10.5. The summed E-state index contributed by atoms with van der Waals surface area (Å²) in [6, 6.07) is 19.6. The molecule has 4 N–H and O–H groups in total. The molecule has 0 spiro atoms. The molecule has 3 heterocycles. The molecule has 198 valence electrons. The number of hydrogen-bond donors (Lipinski definition) is 4. The van der Waals surface area contributed by atoms with Crippen LogP contribution < -0.4 is 26.3 Å². The van der Waals surface area contributed by atoms with E-state index >= 15 is 0 Å². The lowest BCUT2D eigenvalue weighted by molar-refractivity contribution is 0.138. The number of nitrogens with zero attached hydrogens (tertiary/aromatic N) is 4. The normalized spacial score (nSPS) is 13.8. The molecular weight excluding hydrogens is 512 g/mol. The van der Waals surface area contributed by atoms with Gasteiger partial charge in [0.25, 0.3) is 0 Å². The van der Waals surface area contributed by atoms with E-state index in [1.165, 1.54) is 6.20 Å². The van der Waals surface area contributed by atoms with Crippen molar-refractivity contribution in [2.75, 3.05) is 17.7 Å². The minimum absolute atomic E-state index is 0.126. The molecule has 10 heteroatoms. The number of hydrazine groups is 2. The molecule has 39 heavy (non-hydrogen) atoms. The molecule has 0 saturated heterocycles. The van der Waals surface area contributed by atoms with Gasteiger partial charge in [-0.2, -0.15) is 5.26 Å². The molecule has 1 atom stereocenters. The van der Waals surface area contributed by atoms with E-state index in [0.717, 1.165) is 16.9 Å². The Bertz CT molecular complexity index is 1560. The number of hydrogen-bond acceptors (Lipinski definition) is 9. The Morgan fingerprint density at radius 2 is 1.85 bits per heavy atom. The predicted molar refractivity (Wildman–Crippen MR) is 154 cm³/mol. The van der Waals surface area contributed by atoms with E-state index in [-0.39, 0.29) is 11.6 Å². The zero-order valence-corrected chi connectivity index (χ0v) is 22.8. The maximum atomic E-state index is 9.86. The molecule has 0 bridgehead atoms. The van der Waals surface area contributed by atoms with Gasteiger partial charge in [0.15, 0.2) is 0 Å². The van der Waals surface area contributed by atoms with Crippen molar-refractivity contribution < 1.29 is 4.74 Å². The van der Waals surface area contributed by atoms with Crippen LogP contribution in [0.25, 0.3) is 10.9 Å². The number of benzene rings is 2. The number of nitriles is 1. The third kappa shape index (κ3) is 5.53. The van der Waals surface area contributed by atoms with Crippen LogP contribution in [-0.4, -0.2) is 27.6 Å². The number of anilines is 3. The van der Waals surface area contributed by atoms with Crippen molar-refractivity contribution in [3.8, 4) is 11.9 Å². The Balaban J connectivity index is 1.57. The highest BCUT2D eigenvalue weighted by atomic mass is 35.5. The average molecular weight is 541 g/mol. The fourth-order valence-corrected chi connectivity index (χ4v) is 4.54. The summed E-state index contributed by atoms with van der Waals surface area (Å²) in [5, 5.41) is 20.0. The molecule has 0 fully saturated rings. The number of rotatable bonds is 7. The molecule has 9 nitrogen and oxygen atoms in total. The summed E-state index contributed by atoms with van der Waals surface area (Å²) in [6.07, 6.45) is 5.23. The van der Waals surface area contributed by atoms with E-state index in [9.17, 15) is 5.26 Å². The fourth-order valence-electron chi connectivity index (χ4n) is 4.27. The molecule has 5 rings (SSSR count). The van der Waals surface area contributed by atoms with Gasteiger partial charge in [0.05, 0.1) is 52.5 Å². The Morgan fingerprint density at radius 3 is 2.49 bits per heavy atom. The zero-order chi connectivity index (χ0) is 27.6. The lowest BCUT2D eigenvalue weighted by Crippen LogP contribution is -2.47. The number of nitrogens with one attached hydrogen (secondary N) is 4. The first-order chi connectivity index (χ1) is 18.8. The molecule has 0 aliphatic carbocycles. The van der Waals surface area contributed by atoms with Crippen molar-refractivity contribution >= 4 is 39.6 Å². The van der Waals surface area contributed by atoms with Crippen LogP contribution >= 0.6 is 11.6 Å². The van der Waals surface area contributed by atoms with Gasteiger partial charge in [0.2, 0.25) is 5.88 Å². The van der Waals surface area contributed by atoms with E-state index in [2.05, 4.69) is 76.7 Å². The van der Waals surface area contributed by atoms with Crippen LogP contribution in [0.2, 0.25) is 5.02 Å². The third-order valence-electron chi connectivity index (χ3n) is 6.33. The summed E-state index contributed by atoms with van der Waals surface area (Å²) in [5.74, 6) is 0.497. The van der Waals surface area contributed by atoms with E-state index in [0.29, 0.717) is 38.7 Å². The van der Waals surface area contributed by atoms with Gasteiger partial charge in [-0.3, -0.25) is 9.99 Å². The molecule has 4 aromatic rings. The minimum atomic E-state index is -0.214. The van der Waals surface area contributed by atoms with Gasteiger partial charge in [-0.05, 0) is 44.5 Å². The fraction of sp³-hybridized carbons (Fsp3) is 0.207. The highest BCUT2D eigenvalue weighted by Crippen LogP contribution is 2.37. The van der Waals surface area contributed by atoms with Gasteiger partial charge in [0.1, 0.15) is 6.07 Å². The van der Waals surface area contributed by atoms with Crippen LogP contribution in [0.15, 0.2) is 78.9 Å². The average Bonchev–Trinajstić information content (AvgIpc) is 3.44. The maximum absolute atomic E-state index is 9.86. The Labute approximate surface area is 232 Å². The highest BCUT2D eigenvalue weighted by Gasteiger charge is 2.28. The van der Waals surface area contributed by atoms with Crippen molar-refractivity contribution in [2.24, 2.45) is 0 Å². The summed E-state index contributed by atoms with van der Waals surface area (Å²) < 4.78 is 5.16. The Kier molecular flexibility index (Phi) is 7.15. The highest BCUT2D eigenvalue weighted by molar-refractivity contribution is 6.36. The first kappa shape index (κ1) is 26.1. The number of pyridine rings is 2. The van der Waals surface area contributed by atoms with Gasteiger partial charge >= 0.3 is 0 Å². The third-order valence-corrected chi connectivity index (χ3v) is 6.61. The van der Waals surface area contributed by atoms with Gasteiger partial charge in [0, 0.05) is 35.1 Å². The molecule has 2 aromatic carbocycles. The minimum Gasteiger partial charge on any atom is -0.481 e. The maximum Gasteiger partial charge on any atom is 0.213 e. The first-order valence-corrected chi connectivity index (χ1v) is 12.8. The second kappa shape index (κ2) is 10.7. The number of fused-ring (bicyclic) bond motifs is 1. The topological polar surface area (TPSA) is 110 Å². The van der Waals surface area contributed by atoms with Crippen LogP contribution in [0.5, 0.6) is 5.88 Å². The van der Waals surface area contributed by atoms with Gasteiger partial charge in [-0.25, -0.2) is 4.98 Å². The van der Waals surface area contributed by atoms with Gasteiger partial charge < -0.3 is 20.8 Å². The molecule has 1 aliphatic heterocycles. The molecule has 0 saturated carbocycles. The number of aromatic nitrogens is 2. The summed E-state index contributed by atoms with van der Waals surface area (Å²) >= 11 is 6.75. The molecular formula is C29H29ClN8O. The summed E-state index contributed by atoms with van der Waals surface area (Å²) in [6.45, 7) is 6.38. The largest absolute Gasteiger partial charge is 0.481 e. The van der Waals surface area contributed by atoms with E-state index in [1.54, 1.807) is 19.4 Å². The summed E-state index contributed by atoms with van der Waals surface area (Å²) in [4.78, 5) is 8.74. The smallest absolute Gasteiger partial charge is 0.213 e. The van der Waals surface area contributed by atoms with Crippen LogP contribution in [0.4, 0.5) is 17.1 Å². The van der Waals surface area contributed by atoms with Crippen molar-refractivity contribution in [1.82, 2.24) is 25.9 Å². The van der Waals surface area contributed by atoms with Crippen LogP contribution in [0.3, 0.4) is 0 Å². The molecule has 0 radical (unpaired) electrons. The number of halogens is 1.